The van der Waals surface area contributed by atoms with E-state index in [4.69, 9.17) is 25.4 Å². The monoisotopic (exact) mass is 221 g/mol. The van der Waals surface area contributed by atoms with Crippen LogP contribution < -0.4 is 5.73 Å². The van der Waals surface area contributed by atoms with Crippen LogP contribution in [0.3, 0.4) is 0 Å². The Morgan fingerprint density at radius 1 is 1.33 bits per heavy atom. The molecular formula is C8H15NO6. The van der Waals surface area contributed by atoms with E-state index >= 15 is 0 Å². The molecule has 0 spiro atoms. The van der Waals surface area contributed by atoms with Gasteiger partial charge in [-0.05, 0) is 6.92 Å². The second kappa shape index (κ2) is 7.16. The largest absolute Gasteiger partial charge is 0.481 e. The second-order valence-electron chi connectivity index (χ2n) is 2.75. The summed E-state index contributed by atoms with van der Waals surface area (Å²) >= 11 is 0. The lowest BCUT2D eigenvalue weighted by Crippen LogP contribution is -2.35. The first-order valence-electron chi connectivity index (χ1n) is 4.40. The van der Waals surface area contributed by atoms with Crippen LogP contribution >= 0.6 is 0 Å². The molecule has 2 atom stereocenters. The smallest absolute Gasteiger partial charge is 0.333 e. The topological polar surface area (TPSA) is 119 Å². The minimum absolute atomic E-state index is 0.155. The molecule has 0 aliphatic heterocycles. The predicted octanol–water partition coefficient (Wildman–Crippen LogP) is -0.748. The van der Waals surface area contributed by atoms with Crippen molar-refractivity contribution in [3.8, 4) is 0 Å². The third-order valence-electron chi connectivity index (χ3n) is 1.48. The van der Waals surface area contributed by atoms with Gasteiger partial charge in [-0.25, -0.2) is 4.79 Å². The van der Waals surface area contributed by atoms with E-state index < -0.39 is 30.7 Å². The van der Waals surface area contributed by atoms with Gasteiger partial charge in [0.25, 0.3) is 0 Å². The average molecular weight is 221 g/mol. The Morgan fingerprint density at radius 3 is 2.33 bits per heavy atom. The minimum atomic E-state index is -1.39. The number of ether oxygens (including phenoxy) is 2. The van der Waals surface area contributed by atoms with E-state index in [1.165, 1.54) is 0 Å². The Labute approximate surface area is 86.8 Å². The molecule has 0 radical (unpaired) electrons. The lowest BCUT2D eigenvalue weighted by Gasteiger charge is -2.15. The molecule has 7 nitrogen and oxygen atoms in total. The van der Waals surface area contributed by atoms with Crippen LogP contribution in [0.5, 0.6) is 0 Å². The molecule has 0 rings (SSSR count). The zero-order valence-electron chi connectivity index (χ0n) is 8.38. The number of carboxylic acid groups (broad SMARTS) is 2. The Balaban J connectivity index is 3.96. The predicted molar refractivity (Wildman–Crippen MR) is 49.2 cm³/mol. The summed E-state index contributed by atoms with van der Waals surface area (Å²) in [6.45, 7) is 1.95. The molecule has 0 aliphatic rings. The number of hydrogen-bond acceptors (Lipinski definition) is 5. The maximum absolute atomic E-state index is 10.5. The number of rotatable bonds is 8. The van der Waals surface area contributed by atoms with E-state index in [2.05, 4.69) is 0 Å². The summed E-state index contributed by atoms with van der Waals surface area (Å²) in [7, 11) is 0. The first-order chi connectivity index (χ1) is 6.97. The summed E-state index contributed by atoms with van der Waals surface area (Å²) < 4.78 is 9.69. The van der Waals surface area contributed by atoms with Crippen molar-refractivity contribution in [2.24, 2.45) is 5.73 Å². The molecule has 0 heterocycles. The van der Waals surface area contributed by atoms with Crippen molar-refractivity contribution in [2.75, 3.05) is 13.2 Å². The highest BCUT2D eigenvalue weighted by Crippen LogP contribution is 2.00. The highest BCUT2D eigenvalue weighted by molar-refractivity contribution is 5.79. The van der Waals surface area contributed by atoms with Gasteiger partial charge in [-0.1, -0.05) is 0 Å². The summed E-state index contributed by atoms with van der Waals surface area (Å²) in [5.74, 6) is -2.58. The molecule has 0 fully saturated rings. The van der Waals surface area contributed by atoms with Gasteiger partial charge in [-0.15, -0.1) is 0 Å². The average Bonchev–Trinajstić information content (AvgIpc) is 2.11. The third-order valence-corrected chi connectivity index (χ3v) is 1.48. The quantitative estimate of drug-likeness (QED) is 0.461. The fourth-order valence-corrected chi connectivity index (χ4v) is 0.849. The Hall–Kier alpha value is -1.18. The van der Waals surface area contributed by atoms with E-state index in [0.29, 0.717) is 6.61 Å². The summed E-state index contributed by atoms with van der Waals surface area (Å²) in [5, 5.41) is 17.0. The highest BCUT2D eigenvalue weighted by Gasteiger charge is 2.22. The van der Waals surface area contributed by atoms with Crippen molar-refractivity contribution in [3.63, 3.8) is 0 Å². The Kier molecular flexibility index (Phi) is 6.59. The molecule has 0 aliphatic carbocycles. The first-order valence-corrected chi connectivity index (χ1v) is 4.40. The molecular weight excluding hydrogens is 206 g/mol. The van der Waals surface area contributed by atoms with Gasteiger partial charge in [0.1, 0.15) is 6.23 Å². The zero-order valence-corrected chi connectivity index (χ0v) is 8.38. The number of aliphatic carboxylic acids is 2. The lowest BCUT2D eigenvalue weighted by molar-refractivity contribution is -0.159. The molecule has 0 bridgehead atoms. The van der Waals surface area contributed by atoms with Gasteiger partial charge in [0.15, 0.2) is 6.10 Å². The number of carbonyl (C=O) groups is 2. The Morgan fingerprint density at radius 2 is 1.93 bits per heavy atom. The van der Waals surface area contributed by atoms with Gasteiger partial charge < -0.3 is 25.4 Å². The van der Waals surface area contributed by atoms with E-state index in [0.717, 1.165) is 0 Å². The molecule has 0 aromatic carbocycles. The first kappa shape index (κ1) is 13.8. The van der Waals surface area contributed by atoms with Crippen LogP contribution in [0.4, 0.5) is 0 Å². The second-order valence-corrected chi connectivity index (χ2v) is 2.75. The number of carboxylic acids is 2. The summed E-state index contributed by atoms with van der Waals surface area (Å²) in [6, 6.07) is 0. The molecule has 0 aromatic rings. The van der Waals surface area contributed by atoms with Crippen LogP contribution in [-0.2, 0) is 19.1 Å². The molecule has 15 heavy (non-hydrogen) atoms. The van der Waals surface area contributed by atoms with Crippen LogP contribution in [0.1, 0.15) is 13.3 Å². The van der Waals surface area contributed by atoms with E-state index in [9.17, 15) is 9.59 Å². The van der Waals surface area contributed by atoms with Gasteiger partial charge in [-0.3, -0.25) is 4.79 Å². The molecule has 0 saturated heterocycles. The van der Waals surface area contributed by atoms with Gasteiger partial charge in [-0.2, -0.15) is 0 Å². The maximum Gasteiger partial charge on any atom is 0.333 e. The van der Waals surface area contributed by atoms with Gasteiger partial charge in [0.2, 0.25) is 0 Å². The van der Waals surface area contributed by atoms with Crippen LogP contribution in [0.2, 0.25) is 0 Å². The molecule has 0 aromatic heterocycles. The minimum Gasteiger partial charge on any atom is -0.481 e. The normalized spacial score (nSPS) is 14.5. The fourth-order valence-electron chi connectivity index (χ4n) is 0.849. The van der Waals surface area contributed by atoms with Crippen LogP contribution in [0.15, 0.2) is 0 Å². The number of nitrogens with two attached hydrogens (primary N) is 1. The van der Waals surface area contributed by atoms with Crippen LogP contribution in [0.25, 0.3) is 0 Å². The zero-order chi connectivity index (χ0) is 11.8. The summed E-state index contributed by atoms with van der Waals surface area (Å²) in [4.78, 5) is 20.8. The standard InChI is InChI=1S/C8H15NO6/c1-2-14-6(9)4-15-5(8(12)13)3-7(10)11/h5-6H,2-4,9H2,1H3,(H,10,11)(H,12,13). The third kappa shape index (κ3) is 6.83. The summed E-state index contributed by atoms with van der Waals surface area (Å²) in [5.41, 5.74) is 5.38. The van der Waals surface area contributed by atoms with Crippen molar-refractivity contribution in [3.05, 3.63) is 0 Å². The van der Waals surface area contributed by atoms with E-state index in [1.807, 2.05) is 0 Å². The fraction of sp³-hybridized carbons (Fsp3) is 0.750. The molecule has 0 saturated carbocycles. The van der Waals surface area contributed by atoms with Crippen molar-refractivity contribution < 1.29 is 29.3 Å². The Bertz CT molecular complexity index is 219. The van der Waals surface area contributed by atoms with Gasteiger partial charge in [0.05, 0.1) is 13.0 Å². The van der Waals surface area contributed by atoms with Crippen LogP contribution in [-0.4, -0.2) is 47.7 Å². The molecule has 2 unspecified atom stereocenters. The van der Waals surface area contributed by atoms with Gasteiger partial charge >= 0.3 is 11.9 Å². The van der Waals surface area contributed by atoms with E-state index in [1.54, 1.807) is 6.92 Å². The SMILES string of the molecule is CCOC(N)COC(CC(=O)O)C(=O)O. The lowest BCUT2D eigenvalue weighted by atomic mass is 10.2. The molecule has 7 heteroatoms. The molecule has 88 valence electrons. The molecule has 4 N–H and O–H groups in total. The molecule has 0 amide bonds. The summed E-state index contributed by atoms with van der Waals surface area (Å²) in [6.07, 6.45) is -2.74. The van der Waals surface area contributed by atoms with Crippen molar-refractivity contribution in [1.29, 1.82) is 0 Å². The maximum atomic E-state index is 10.5. The highest BCUT2D eigenvalue weighted by atomic mass is 16.6. The van der Waals surface area contributed by atoms with Gasteiger partial charge in [0, 0.05) is 6.61 Å². The van der Waals surface area contributed by atoms with Crippen molar-refractivity contribution in [2.45, 2.75) is 25.7 Å². The van der Waals surface area contributed by atoms with Crippen LogP contribution in [0, 0.1) is 0 Å². The van der Waals surface area contributed by atoms with E-state index in [-0.39, 0.29) is 6.61 Å². The van der Waals surface area contributed by atoms with Crippen molar-refractivity contribution in [1.82, 2.24) is 0 Å². The number of hydrogen-bond donors (Lipinski definition) is 3. The van der Waals surface area contributed by atoms with Crippen molar-refractivity contribution >= 4 is 11.9 Å².